The van der Waals surface area contributed by atoms with Crippen molar-refractivity contribution in [3.8, 4) is 11.4 Å². The van der Waals surface area contributed by atoms with Crippen LogP contribution in [0.5, 0.6) is 5.75 Å². The van der Waals surface area contributed by atoms with E-state index in [1.807, 2.05) is 29.0 Å². The Hall–Kier alpha value is -1.07. The molecule has 15 heavy (non-hydrogen) atoms. The molecule has 1 aromatic heterocycles. The first-order valence-electron chi connectivity index (χ1n) is 4.32. The van der Waals surface area contributed by atoms with Crippen molar-refractivity contribution in [2.75, 3.05) is 7.11 Å². The van der Waals surface area contributed by atoms with Crippen LogP contribution >= 0.6 is 28.1 Å². The average Bonchev–Trinajstić information content (AvgIpc) is 2.65. The van der Waals surface area contributed by atoms with E-state index in [9.17, 15) is 0 Å². The maximum atomic E-state index is 5.17. The van der Waals surface area contributed by atoms with Gasteiger partial charge in [-0.1, -0.05) is 0 Å². The molecule has 0 radical (unpaired) electrons. The summed E-state index contributed by atoms with van der Waals surface area (Å²) in [7, 11) is 1.64. The summed E-state index contributed by atoms with van der Waals surface area (Å²) >= 11 is 8.63. The molecular weight excluding hydrogens is 276 g/mol. The summed E-state index contributed by atoms with van der Waals surface area (Å²) in [4.78, 5) is 2.95. The summed E-state index contributed by atoms with van der Waals surface area (Å²) in [5.74, 6) is 0.802. The van der Waals surface area contributed by atoms with E-state index in [4.69, 9.17) is 17.0 Å². The van der Waals surface area contributed by atoms with Crippen molar-refractivity contribution in [3.63, 3.8) is 0 Å². The number of ether oxygens (including phenoxy) is 1. The average molecular weight is 285 g/mol. The Kier molecular flexibility index (Phi) is 2.93. The summed E-state index contributed by atoms with van der Waals surface area (Å²) in [5, 5.41) is 0. The Balaban J connectivity index is 2.62. The Morgan fingerprint density at radius 2 is 2.27 bits per heavy atom. The SMILES string of the molecule is COc1ccc(Br)c(-n2cc[nH]c2=S)c1. The van der Waals surface area contributed by atoms with Gasteiger partial charge in [-0.3, -0.25) is 4.57 Å². The zero-order valence-corrected chi connectivity index (χ0v) is 10.4. The zero-order chi connectivity index (χ0) is 10.8. The van der Waals surface area contributed by atoms with E-state index in [2.05, 4.69) is 20.9 Å². The quantitative estimate of drug-likeness (QED) is 0.858. The van der Waals surface area contributed by atoms with E-state index in [1.54, 1.807) is 13.3 Å². The number of halogens is 1. The summed E-state index contributed by atoms with van der Waals surface area (Å²) in [5.41, 5.74) is 0.959. The van der Waals surface area contributed by atoms with Crippen LogP contribution in [0.15, 0.2) is 35.1 Å². The molecule has 78 valence electrons. The van der Waals surface area contributed by atoms with Gasteiger partial charge < -0.3 is 9.72 Å². The number of aromatic amines is 1. The molecule has 3 nitrogen and oxygen atoms in total. The van der Waals surface area contributed by atoms with Gasteiger partial charge >= 0.3 is 0 Å². The molecule has 5 heteroatoms. The summed E-state index contributed by atoms with van der Waals surface area (Å²) in [6, 6.07) is 5.75. The minimum Gasteiger partial charge on any atom is -0.497 e. The van der Waals surface area contributed by atoms with Gasteiger partial charge in [0.2, 0.25) is 0 Å². The molecule has 1 heterocycles. The minimum atomic E-state index is 0.656. The van der Waals surface area contributed by atoms with Crippen molar-refractivity contribution in [3.05, 3.63) is 39.8 Å². The van der Waals surface area contributed by atoms with E-state index in [0.717, 1.165) is 15.9 Å². The van der Waals surface area contributed by atoms with Crippen LogP contribution in [0.3, 0.4) is 0 Å². The van der Waals surface area contributed by atoms with Crippen LogP contribution in [0.4, 0.5) is 0 Å². The highest BCUT2D eigenvalue weighted by Gasteiger charge is 2.04. The Labute approximate surface area is 101 Å². The molecule has 0 amide bonds. The molecule has 2 rings (SSSR count). The van der Waals surface area contributed by atoms with E-state index in [1.165, 1.54) is 0 Å². The fraction of sp³-hybridized carbons (Fsp3) is 0.100. The second-order valence-electron chi connectivity index (χ2n) is 2.95. The van der Waals surface area contributed by atoms with Crippen LogP contribution < -0.4 is 4.74 Å². The summed E-state index contributed by atoms with van der Waals surface area (Å²) in [6.07, 6.45) is 3.68. The predicted octanol–water partition coefficient (Wildman–Crippen LogP) is 3.31. The third kappa shape index (κ3) is 1.98. The summed E-state index contributed by atoms with van der Waals surface area (Å²) < 4.78 is 8.67. The Bertz CT molecular complexity index is 532. The molecule has 0 atom stereocenters. The number of aromatic nitrogens is 2. The molecule has 2 aromatic rings. The van der Waals surface area contributed by atoms with Gasteiger partial charge in [0, 0.05) is 22.9 Å². The lowest BCUT2D eigenvalue weighted by molar-refractivity contribution is 0.414. The minimum absolute atomic E-state index is 0.656. The van der Waals surface area contributed by atoms with Crippen LogP contribution in [0.2, 0.25) is 0 Å². The van der Waals surface area contributed by atoms with Gasteiger partial charge in [0.25, 0.3) is 0 Å². The first-order valence-corrected chi connectivity index (χ1v) is 5.52. The maximum Gasteiger partial charge on any atom is 0.181 e. The van der Waals surface area contributed by atoms with Crippen molar-refractivity contribution < 1.29 is 4.74 Å². The maximum absolute atomic E-state index is 5.17. The Morgan fingerprint density at radius 3 is 2.87 bits per heavy atom. The predicted molar refractivity (Wildman–Crippen MR) is 65.2 cm³/mol. The Morgan fingerprint density at radius 1 is 1.47 bits per heavy atom. The first kappa shape index (κ1) is 10.4. The van der Waals surface area contributed by atoms with Crippen molar-refractivity contribution >= 4 is 28.1 Å². The molecule has 0 saturated carbocycles. The van der Waals surface area contributed by atoms with E-state index in [0.29, 0.717) is 4.77 Å². The van der Waals surface area contributed by atoms with Crippen LogP contribution in [0.25, 0.3) is 5.69 Å². The van der Waals surface area contributed by atoms with Gasteiger partial charge in [0.05, 0.1) is 12.8 Å². The van der Waals surface area contributed by atoms with Crippen molar-refractivity contribution in [2.24, 2.45) is 0 Å². The topological polar surface area (TPSA) is 29.9 Å². The molecule has 0 saturated heterocycles. The highest BCUT2D eigenvalue weighted by Crippen LogP contribution is 2.25. The number of imidazole rings is 1. The number of rotatable bonds is 2. The lowest BCUT2D eigenvalue weighted by atomic mass is 10.3. The fourth-order valence-corrected chi connectivity index (χ4v) is 1.98. The second-order valence-corrected chi connectivity index (χ2v) is 4.19. The van der Waals surface area contributed by atoms with Gasteiger partial charge in [0.1, 0.15) is 5.75 Å². The van der Waals surface area contributed by atoms with Crippen LogP contribution in [-0.4, -0.2) is 16.7 Å². The van der Waals surface area contributed by atoms with Gasteiger partial charge in [0.15, 0.2) is 4.77 Å². The number of benzene rings is 1. The van der Waals surface area contributed by atoms with E-state index in [-0.39, 0.29) is 0 Å². The van der Waals surface area contributed by atoms with Crippen LogP contribution in [0, 0.1) is 4.77 Å². The third-order valence-electron chi connectivity index (χ3n) is 2.06. The number of nitrogens with one attached hydrogen (secondary N) is 1. The van der Waals surface area contributed by atoms with E-state index >= 15 is 0 Å². The standard InChI is InChI=1S/C10H9BrN2OS/c1-14-7-2-3-8(11)9(6-7)13-5-4-12-10(13)15/h2-6H,1H3,(H,12,15). The number of methoxy groups -OCH3 is 1. The van der Waals surface area contributed by atoms with Gasteiger partial charge in [-0.15, -0.1) is 0 Å². The molecule has 0 fully saturated rings. The molecule has 0 aliphatic carbocycles. The third-order valence-corrected chi connectivity index (χ3v) is 3.05. The number of H-pyrrole nitrogens is 1. The monoisotopic (exact) mass is 284 g/mol. The summed E-state index contributed by atoms with van der Waals surface area (Å²) in [6.45, 7) is 0. The molecular formula is C10H9BrN2OS. The molecule has 0 bridgehead atoms. The normalized spacial score (nSPS) is 10.3. The molecule has 0 aliphatic heterocycles. The molecule has 0 aliphatic rings. The fourth-order valence-electron chi connectivity index (χ4n) is 1.31. The number of hydrogen-bond acceptors (Lipinski definition) is 2. The number of hydrogen-bond donors (Lipinski definition) is 1. The van der Waals surface area contributed by atoms with Crippen molar-refractivity contribution in [1.82, 2.24) is 9.55 Å². The van der Waals surface area contributed by atoms with Crippen molar-refractivity contribution in [2.45, 2.75) is 0 Å². The smallest absolute Gasteiger partial charge is 0.181 e. The van der Waals surface area contributed by atoms with Gasteiger partial charge in [-0.25, -0.2) is 0 Å². The number of nitrogens with zero attached hydrogens (tertiary/aromatic N) is 1. The van der Waals surface area contributed by atoms with Crippen molar-refractivity contribution in [1.29, 1.82) is 0 Å². The molecule has 1 N–H and O–H groups in total. The van der Waals surface area contributed by atoms with Crippen LogP contribution in [-0.2, 0) is 0 Å². The van der Waals surface area contributed by atoms with E-state index < -0.39 is 0 Å². The highest BCUT2D eigenvalue weighted by molar-refractivity contribution is 9.10. The highest BCUT2D eigenvalue weighted by atomic mass is 79.9. The van der Waals surface area contributed by atoms with Crippen LogP contribution in [0.1, 0.15) is 0 Å². The second kappa shape index (κ2) is 4.20. The van der Waals surface area contributed by atoms with Gasteiger partial charge in [-0.05, 0) is 40.3 Å². The lowest BCUT2D eigenvalue weighted by Crippen LogP contribution is -1.94. The molecule has 0 unspecified atom stereocenters. The zero-order valence-electron chi connectivity index (χ0n) is 8.03. The molecule has 1 aromatic carbocycles. The van der Waals surface area contributed by atoms with Gasteiger partial charge in [-0.2, -0.15) is 0 Å². The largest absolute Gasteiger partial charge is 0.497 e. The molecule has 0 spiro atoms. The lowest BCUT2D eigenvalue weighted by Gasteiger charge is -2.07. The first-order chi connectivity index (χ1) is 7.22.